The number of carbonyl (C=O) groups excluding carboxylic acids is 1. The van der Waals surface area contributed by atoms with E-state index in [9.17, 15) is 4.79 Å². The van der Waals surface area contributed by atoms with Crippen LogP contribution >= 0.6 is 0 Å². The number of carbonyl (C=O) groups is 1. The van der Waals surface area contributed by atoms with Gasteiger partial charge in [0.05, 0.1) is 0 Å². The van der Waals surface area contributed by atoms with Gasteiger partial charge in [0, 0.05) is 32.9 Å². The Balaban J connectivity index is 1.96. The van der Waals surface area contributed by atoms with Crippen molar-refractivity contribution in [3.8, 4) is 0 Å². The largest absolute Gasteiger partial charge is 0.347 e. The van der Waals surface area contributed by atoms with Gasteiger partial charge in [-0.3, -0.25) is 4.79 Å². The van der Waals surface area contributed by atoms with Crippen LogP contribution in [0.2, 0.25) is 0 Å². The fourth-order valence-electron chi connectivity index (χ4n) is 2.20. The molecule has 4 heteroatoms. The van der Waals surface area contributed by atoms with Crippen molar-refractivity contribution in [1.29, 1.82) is 0 Å². The van der Waals surface area contributed by atoms with Crippen LogP contribution in [-0.4, -0.2) is 41.6 Å². The SMILES string of the molecule is CN(CC1CCCN1)C(=O)c1cccn1C. The molecular weight excluding hydrogens is 202 g/mol. The molecule has 0 saturated carbocycles. The molecule has 2 rings (SSSR count). The van der Waals surface area contributed by atoms with Gasteiger partial charge in [-0.25, -0.2) is 0 Å². The fraction of sp³-hybridized carbons (Fsp3) is 0.583. The van der Waals surface area contributed by atoms with Gasteiger partial charge in [0.1, 0.15) is 5.69 Å². The first kappa shape index (κ1) is 11.2. The van der Waals surface area contributed by atoms with Gasteiger partial charge in [0.15, 0.2) is 0 Å². The Hall–Kier alpha value is -1.29. The van der Waals surface area contributed by atoms with Gasteiger partial charge in [-0.15, -0.1) is 0 Å². The third-order valence-electron chi connectivity index (χ3n) is 3.17. The molecule has 1 fully saturated rings. The van der Waals surface area contributed by atoms with Crippen LogP contribution in [0.4, 0.5) is 0 Å². The predicted molar refractivity (Wildman–Crippen MR) is 63.4 cm³/mol. The van der Waals surface area contributed by atoms with Gasteiger partial charge in [0.2, 0.25) is 0 Å². The Morgan fingerprint density at radius 1 is 1.69 bits per heavy atom. The lowest BCUT2D eigenvalue weighted by molar-refractivity contribution is 0.0774. The number of nitrogens with zero attached hydrogens (tertiary/aromatic N) is 2. The van der Waals surface area contributed by atoms with Crippen LogP contribution in [0.3, 0.4) is 0 Å². The molecule has 0 aliphatic carbocycles. The maximum Gasteiger partial charge on any atom is 0.270 e. The van der Waals surface area contributed by atoms with Crippen molar-refractivity contribution in [2.24, 2.45) is 7.05 Å². The Morgan fingerprint density at radius 2 is 2.50 bits per heavy atom. The molecule has 0 aromatic carbocycles. The monoisotopic (exact) mass is 221 g/mol. The Labute approximate surface area is 96.2 Å². The zero-order valence-corrected chi connectivity index (χ0v) is 9.94. The van der Waals surface area contributed by atoms with Gasteiger partial charge >= 0.3 is 0 Å². The van der Waals surface area contributed by atoms with E-state index in [2.05, 4.69) is 5.32 Å². The highest BCUT2D eigenvalue weighted by Crippen LogP contribution is 2.09. The lowest BCUT2D eigenvalue weighted by Crippen LogP contribution is -2.39. The van der Waals surface area contributed by atoms with Crippen LogP contribution in [0.25, 0.3) is 0 Å². The van der Waals surface area contributed by atoms with E-state index < -0.39 is 0 Å². The average molecular weight is 221 g/mol. The Bertz CT molecular complexity index is 366. The molecule has 1 amide bonds. The standard InChI is InChI=1S/C12H19N3O/c1-14-8-4-6-11(14)12(16)15(2)9-10-5-3-7-13-10/h4,6,8,10,13H,3,5,7,9H2,1-2H3. The van der Waals surface area contributed by atoms with E-state index in [1.807, 2.05) is 37.0 Å². The molecular formula is C12H19N3O. The van der Waals surface area contributed by atoms with Crippen molar-refractivity contribution in [3.05, 3.63) is 24.0 Å². The molecule has 1 saturated heterocycles. The van der Waals surface area contributed by atoms with Gasteiger partial charge in [-0.05, 0) is 31.5 Å². The predicted octanol–water partition coefficient (Wildman–Crippen LogP) is 0.849. The van der Waals surface area contributed by atoms with E-state index in [4.69, 9.17) is 0 Å². The molecule has 1 unspecified atom stereocenters. The highest BCUT2D eigenvalue weighted by Gasteiger charge is 2.20. The highest BCUT2D eigenvalue weighted by molar-refractivity contribution is 5.92. The lowest BCUT2D eigenvalue weighted by atomic mass is 10.2. The van der Waals surface area contributed by atoms with Gasteiger partial charge in [0.25, 0.3) is 5.91 Å². The number of hydrogen-bond donors (Lipinski definition) is 1. The number of amides is 1. The number of aromatic nitrogens is 1. The smallest absolute Gasteiger partial charge is 0.270 e. The molecule has 0 radical (unpaired) electrons. The summed E-state index contributed by atoms with van der Waals surface area (Å²) >= 11 is 0. The number of hydrogen-bond acceptors (Lipinski definition) is 2. The quantitative estimate of drug-likeness (QED) is 0.821. The topological polar surface area (TPSA) is 37.3 Å². The molecule has 1 atom stereocenters. The second kappa shape index (κ2) is 4.70. The number of nitrogens with one attached hydrogen (secondary N) is 1. The average Bonchev–Trinajstić information content (AvgIpc) is 2.88. The van der Waals surface area contributed by atoms with Crippen LogP contribution in [0, 0.1) is 0 Å². The van der Waals surface area contributed by atoms with Crippen molar-refractivity contribution in [1.82, 2.24) is 14.8 Å². The van der Waals surface area contributed by atoms with Crippen LogP contribution in [0.5, 0.6) is 0 Å². The summed E-state index contributed by atoms with van der Waals surface area (Å²) in [5, 5.41) is 3.40. The van der Waals surface area contributed by atoms with E-state index in [1.54, 1.807) is 4.90 Å². The zero-order chi connectivity index (χ0) is 11.5. The van der Waals surface area contributed by atoms with Crippen LogP contribution in [0.15, 0.2) is 18.3 Å². The lowest BCUT2D eigenvalue weighted by Gasteiger charge is -2.21. The second-order valence-electron chi connectivity index (χ2n) is 4.48. The summed E-state index contributed by atoms with van der Waals surface area (Å²) in [6, 6.07) is 4.23. The highest BCUT2D eigenvalue weighted by atomic mass is 16.2. The molecule has 16 heavy (non-hydrogen) atoms. The van der Waals surface area contributed by atoms with E-state index in [1.165, 1.54) is 12.8 Å². The maximum absolute atomic E-state index is 12.1. The molecule has 1 aliphatic heterocycles. The second-order valence-corrected chi connectivity index (χ2v) is 4.48. The fourth-order valence-corrected chi connectivity index (χ4v) is 2.20. The molecule has 1 N–H and O–H groups in total. The summed E-state index contributed by atoms with van der Waals surface area (Å²) in [6.45, 7) is 1.88. The summed E-state index contributed by atoms with van der Waals surface area (Å²) in [7, 11) is 3.77. The maximum atomic E-state index is 12.1. The summed E-state index contributed by atoms with van der Waals surface area (Å²) in [6.07, 6.45) is 4.29. The molecule has 1 aromatic rings. The molecule has 88 valence electrons. The summed E-state index contributed by atoms with van der Waals surface area (Å²) in [5.41, 5.74) is 0.750. The van der Waals surface area contributed by atoms with Gasteiger partial charge < -0.3 is 14.8 Å². The number of aryl methyl sites for hydroxylation is 1. The summed E-state index contributed by atoms with van der Waals surface area (Å²) < 4.78 is 1.86. The zero-order valence-electron chi connectivity index (χ0n) is 9.94. The summed E-state index contributed by atoms with van der Waals surface area (Å²) in [5.74, 6) is 0.0983. The van der Waals surface area contributed by atoms with Gasteiger partial charge in [-0.1, -0.05) is 0 Å². The van der Waals surface area contributed by atoms with Crippen molar-refractivity contribution in [3.63, 3.8) is 0 Å². The van der Waals surface area contributed by atoms with Crippen LogP contribution < -0.4 is 5.32 Å². The molecule has 1 aromatic heterocycles. The Morgan fingerprint density at radius 3 is 3.06 bits per heavy atom. The molecule has 1 aliphatic rings. The first-order valence-corrected chi connectivity index (χ1v) is 5.78. The van der Waals surface area contributed by atoms with Crippen LogP contribution in [0.1, 0.15) is 23.3 Å². The minimum atomic E-state index is 0.0983. The first-order chi connectivity index (χ1) is 7.68. The number of rotatable bonds is 3. The molecule has 0 spiro atoms. The van der Waals surface area contributed by atoms with Crippen molar-refractivity contribution in [2.75, 3.05) is 20.1 Å². The van der Waals surface area contributed by atoms with Crippen molar-refractivity contribution in [2.45, 2.75) is 18.9 Å². The third kappa shape index (κ3) is 2.27. The normalized spacial score (nSPS) is 20.0. The molecule has 4 nitrogen and oxygen atoms in total. The first-order valence-electron chi connectivity index (χ1n) is 5.78. The minimum Gasteiger partial charge on any atom is -0.347 e. The summed E-state index contributed by atoms with van der Waals surface area (Å²) in [4.78, 5) is 13.9. The van der Waals surface area contributed by atoms with Crippen LogP contribution in [-0.2, 0) is 7.05 Å². The molecule has 2 heterocycles. The third-order valence-corrected chi connectivity index (χ3v) is 3.17. The van der Waals surface area contributed by atoms with E-state index >= 15 is 0 Å². The minimum absolute atomic E-state index is 0.0983. The van der Waals surface area contributed by atoms with E-state index in [0.717, 1.165) is 18.8 Å². The van der Waals surface area contributed by atoms with E-state index in [-0.39, 0.29) is 5.91 Å². The Kier molecular flexibility index (Phi) is 3.29. The van der Waals surface area contributed by atoms with Crippen molar-refractivity contribution < 1.29 is 4.79 Å². The number of likely N-dealkylation sites (N-methyl/N-ethyl adjacent to an activating group) is 1. The van der Waals surface area contributed by atoms with Crippen molar-refractivity contribution >= 4 is 5.91 Å². The van der Waals surface area contributed by atoms with Gasteiger partial charge in [-0.2, -0.15) is 0 Å². The molecule has 0 bridgehead atoms. The van der Waals surface area contributed by atoms with E-state index in [0.29, 0.717) is 6.04 Å².